The molecule has 0 saturated carbocycles. The molecule has 0 aliphatic heterocycles. The van der Waals surface area contributed by atoms with E-state index >= 15 is 0 Å². The summed E-state index contributed by atoms with van der Waals surface area (Å²) < 4.78 is 51.4. The maximum absolute atomic E-state index is 13.5. The highest BCUT2D eigenvalue weighted by Crippen LogP contribution is 2.27. The van der Waals surface area contributed by atoms with Crippen LogP contribution in [-0.2, 0) is 14.8 Å². The Bertz CT molecular complexity index is 891. The lowest BCUT2D eigenvalue weighted by Crippen LogP contribution is -2.33. The molecule has 0 aliphatic carbocycles. The minimum atomic E-state index is -3.68. The third-order valence-electron chi connectivity index (χ3n) is 3.27. The van der Waals surface area contributed by atoms with Crippen molar-refractivity contribution < 1.29 is 22.0 Å². The van der Waals surface area contributed by atoms with E-state index in [2.05, 4.69) is 5.32 Å². The van der Waals surface area contributed by atoms with Crippen molar-refractivity contribution in [2.75, 3.05) is 22.4 Å². The Balaban J connectivity index is 2.11. The van der Waals surface area contributed by atoms with Gasteiger partial charge in [-0.3, -0.25) is 9.10 Å². The Kier molecular flexibility index (Phi) is 5.97. The maximum atomic E-state index is 13.5. The molecular formula is C16H15ClF2N2O3S. The highest BCUT2D eigenvalue weighted by molar-refractivity contribution is 7.92. The molecule has 0 heterocycles. The average molecular weight is 389 g/mol. The maximum Gasteiger partial charge on any atom is 0.232 e. The minimum Gasteiger partial charge on any atom is -0.324 e. The van der Waals surface area contributed by atoms with Gasteiger partial charge in [-0.05, 0) is 24.3 Å². The highest BCUT2D eigenvalue weighted by Gasteiger charge is 2.21. The second kappa shape index (κ2) is 7.79. The molecule has 0 unspecified atom stereocenters. The predicted octanol–water partition coefficient (Wildman–Crippen LogP) is 3.41. The molecule has 1 N–H and O–H groups in total. The van der Waals surface area contributed by atoms with Gasteiger partial charge in [-0.1, -0.05) is 23.7 Å². The third-order valence-corrected chi connectivity index (χ3v) is 4.77. The summed E-state index contributed by atoms with van der Waals surface area (Å²) in [5.74, 6) is -2.30. The van der Waals surface area contributed by atoms with Gasteiger partial charge in [0.1, 0.15) is 11.6 Å². The Morgan fingerprint density at radius 1 is 1.20 bits per heavy atom. The van der Waals surface area contributed by atoms with Crippen molar-refractivity contribution in [2.24, 2.45) is 0 Å². The van der Waals surface area contributed by atoms with Crippen LogP contribution in [-0.4, -0.2) is 27.1 Å². The van der Waals surface area contributed by atoms with E-state index < -0.39 is 27.6 Å². The van der Waals surface area contributed by atoms with E-state index in [0.717, 1.165) is 22.7 Å². The van der Waals surface area contributed by atoms with Gasteiger partial charge >= 0.3 is 0 Å². The normalized spacial score (nSPS) is 11.2. The van der Waals surface area contributed by atoms with E-state index in [1.54, 1.807) is 12.1 Å². The number of rotatable bonds is 6. The fourth-order valence-electron chi connectivity index (χ4n) is 2.13. The molecule has 0 bridgehead atoms. The van der Waals surface area contributed by atoms with Crippen molar-refractivity contribution in [2.45, 2.75) is 6.42 Å². The zero-order valence-corrected chi connectivity index (χ0v) is 14.7. The molecule has 0 atom stereocenters. The van der Waals surface area contributed by atoms with E-state index in [1.165, 1.54) is 12.1 Å². The number of para-hydroxylation sites is 1. The molecule has 1 amide bonds. The zero-order chi connectivity index (χ0) is 18.6. The quantitative estimate of drug-likeness (QED) is 0.824. The summed E-state index contributed by atoms with van der Waals surface area (Å²) in [5, 5.41) is 2.50. The Morgan fingerprint density at radius 3 is 2.48 bits per heavy atom. The molecular weight excluding hydrogens is 374 g/mol. The second-order valence-corrected chi connectivity index (χ2v) is 7.52. The van der Waals surface area contributed by atoms with E-state index in [0.29, 0.717) is 6.07 Å². The van der Waals surface area contributed by atoms with Gasteiger partial charge in [0.2, 0.25) is 15.9 Å². The Morgan fingerprint density at radius 2 is 1.88 bits per heavy atom. The molecule has 0 fully saturated rings. The average Bonchev–Trinajstić information content (AvgIpc) is 2.51. The van der Waals surface area contributed by atoms with Gasteiger partial charge in [-0.2, -0.15) is 0 Å². The molecule has 2 aromatic carbocycles. The van der Waals surface area contributed by atoms with Gasteiger partial charge in [0.05, 0.1) is 22.7 Å². The van der Waals surface area contributed by atoms with Gasteiger partial charge in [-0.25, -0.2) is 17.2 Å². The fourth-order valence-corrected chi connectivity index (χ4v) is 3.35. The molecule has 0 aromatic heterocycles. The number of carbonyl (C=O) groups is 1. The lowest BCUT2D eigenvalue weighted by atomic mass is 10.2. The first-order valence-corrected chi connectivity index (χ1v) is 9.38. The van der Waals surface area contributed by atoms with Crippen LogP contribution in [0.4, 0.5) is 20.2 Å². The number of anilines is 2. The van der Waals surface area contributed by atoms with E-state index in [1.807, 2.05) is 0 Å². The van der Waals surface area contributed by atoms with E-state index in [9.17, 15) is 22.0 Å². The number of carbonyl (C=O) groups excluding carboxylic acids is 1. The molecule has 0 radical (unpaired) electrons. The number of nitrogens with zero attached hydrogens (tertiary/aromatic N) is 1. The molecule has 5 nitrogen and oxygen atoms in total. The topological polar surface area (TPSA) is 66.5 Å². The first-order chi connectivity index (χ1) is 11.7. The molecule has 0 aliphatic rings. The lowest BCUT2D eigenvalue weighted by Gasteiger charge is -2.23. The van der Waals surface area contributed by atoms with Crippen LogP contribution < -0.4 is 9.62 Å². The molecule has 134 valence electrons. The molecule has 25 heavy (non-hydrogen) atoms. The first-order valence-electron chi connectivity index (χ1n) is 7.15. The van der Waals surface area contributed by atoms with Crippen molar-refractivity contribution in [3.05, 3.63) is 59.1 Å². The fraction of sp³-hybridized carbons (Fsp3) is 0.188. The number of hydrogen-bond acceptors (Lipinski definition) is 3. The number of sulfonamides is 1. The summed E-state index contributed by atoms with van der Waals surface area (Å²) in [6.45, 7) is -0.183. The van der Waals surface area contributed by atoms with Crippen molar-refractivity contribution in [1.82, 2.24) is 0 Å². The molecule has 2 aromatic rings. The first kappa shape index (κ1) is 19.1. The summed E-state index contributed by atoms with van der Waals surface area (Å²) in [7, 11) is -3.68. The van der Waals surface area contributed by atoms with Gasteiger partial charge in [-0.15, -0.1) is 0 Å². The molecule has 2 rings (SSSR count). The van der Waals surface area contributed by atoms with Crippen LogP contribution in [0.25, 0.3) is 0 Å². The summed E-state index contributed by atoms with van der Waals surface area (Å²) >= 11 is 6.01. The lowest BCUT2D eigenvalue weighted by molar-refractivity contribution is -0.116. The van der Waals surface area contributed by atoms with Crippen LogP contribution in [0.1, 0.15) is 6.42 Å². The Labute approximate surface area is 149 Å². The molecule has 0 saturated heterocycles. The van der Waals surface area contributed by atoms with Crippen molar-refractivity contribution in [3.8, 4) is 0 Å². The van der Waals surface area contributed by atoms with Crippen LogP contribution in [0.5, 0.6) is 0 Å². The van der Waals surface area contributed by atoms with Crippen LogP contribution in [0.15, 0.2) is 42.5 Å². The predicted molar refractivity (Wildman–Crippen MR) is 93.2 cm³/mol. The number of hydrogen-bond donors (Lipinski definition) is 1. The summed E-state index contributed by atoms with van der Waals surface area (Å²) in [5.41, 5.74) is 0.0579. The van der Waals surface area contributed by atoms with E-state index in [4.69, 9.17) is 11.6 Å². The second-order valence-electron chi connectivity index (χ2n) is 5.21. The van der Waals surface area contributed by atoms with Crippen LogP contribution in [0, 0.1) is 11.6 Å². The third kappa shape index (κ3) is 5.14. The molecule has 9 heteroatoms. The van der Waals surface area contributed by atoms with Crippen LogP contribution in [0.3, 0.4) is 0 Å². The summed E-state index contributed by atoms with van der Waals surface area (Å²) in [4.78, 5) is 12.0. The monoisotopic (exact) mass is 388 g/mol. The van der Waals surface area contributed by atoms with Crippen molar-refractivity contribution in [3.63, 3.8) is 0 Å². The SMILES string of the molecule is CS(=O)(=O)N(CCC(=O)Nc1ccc(F)cc1F)c1ccccc1Cl. The number of halogens is 3. The number of nitrogens with one attached hydrogen (secondary N) is 1. The summed E-state index contributed by atoms with van der Waals surface area (Å²) in [6.07, 6.45) is 0.753. The van der Waals surface area contributed by atoms with Crippen LogP contribution in [0.2, 0.25) is 5.02 Å². The van der Waals surface area contributed by atoms with E-state index in [-0.39, 0.29) is 29.4 Å². The van der Waals surface area contributed by atoms with Crippen molar-refractivity contribution in [1.29, 1.82) is 0 Å². The number of amides is 1. The highest BCUT2D eigenvalue weighted by atomic mass is 35.5. The number of benzene rings is 2. The van der Waals surface area contributed by atoms with Gasteiger partial charge in [0, 0.05) is 19.0 Å². The Hall–Kier alpha value is -2.19. The zero-order valence-electron chi connectivity index (χ0n) is 13.2. The minimum absolute atomic E-state index is 0.183. The summed E-state index contributed by atoms with van der Waals surface area (Å²) in [6, 6.07) is 9.05. The van der Waals surface area contributed by atoms with Crippen LogP contribution >= 0.6 is 11.6 Å². The van der Waals surface area contributed by atoms with Crippen molar-refractivity contribution >= 4 is 38.9 Å². The van der Waals surface area contributed by atoms with Gasteiger partial charge < -0.3 is 5.32 Å². The largest absolute Gasteiger partial charge is 0.324 e. The molecule has 0 spiro atoms. The van der Waals surface area contributed by atoms with Gasteiger partial charge in [0.25, 0.3) is 0 Å². The van der Waals surface area contributed by atoms with Gasteiger partial charge in [0.15, 0.2) is 0 Å². The smallest absolute Gasteiger partial charge is 0.232 e. The standard InChI is InChI=1S/C16H15ClF2N2O3S/c1-25(23,24)21(15-5-3-2-4-12(15)17)9-8-16(22)20-14-7-6-11(18)10-13(14)19/h2-7,10H,8-9H2,1H3,(H,20,22).